The number of nitrogens with one attached hydrogen (secondary N) is 1. The first-order valence-corrected chi connectivity index (χ1v) is 9.52. The first-order chi connectivity index (χ1) is 14.2. The van der Waals surface area contributed by atoms with Gasteiger partial charge in [-0.2, -0.15) is 0 Å². The van der Waals surface area contributed by atoms with E-state index in [2.05, 4.69) is 15.3 Å². The fraction of sp³-hybridized carbons (Fsp3) is 0.300. The molecule has 0 radical (unpaired) electrons. The minimum atomic E-state index is -0.610. The molecule has 2 aliphatic rings. The molecule has 5 rings (SSSR count). The number of anilines is 1. The summed E-state index contributed by atoms with van der Waals surface area (Å²) in [5.41, 5.74) is 8.08. The van der Waals surface area contributed by atoms with Crippen LogP contribution in [0.5, 0.6) is 23.0 Å². The molecule has 3 heterocycles. The highest BCUT2D eigenvalue weighted by molar-refractivity contribution is 5.95. The highest BCUT2D eigenvalue weighted by Gasteiger charge is 2.29. The van der Waals surface area contributed by atoms with Crippen LogP contribution in [-0.2, 0) is 0 Å². The van der Waals surface area contributed by atoms with Crippen LogP contribution in [-0.4, -0.2) is 40.4 Å². The highest BCUT2D eigenvalue weighted by atomic mass is 16.5. The molecule has 150 valence electrons. The molecule has 0 aliphatic carbocycles. The van der Waals surface area contributed by atoms with Crippen molar-refractivity contribution in [2.75, 3.05) is 25.1 Å². The number of fused-ring (bicyclic) bond motifs is 4. The molecule has 3 aromatic rings. The van der Waals surface area contributed by atoms with Gasteiger partial charge in [-0.25, -0.2) is 9.98 Å². The van der Waals surface area contributed by atoms with E-state index >= 15 is 0 Å². The Kier molecular flexibility index (Phi) is 4.08. The van der Waals surface area contributed by atoms with Crippen molar-refractivity contribution in [1.82, 2.24) is 9.55 Å². The third-order valence-corrected chi connectivity index (χ3v) is 4.91. The summed E-state index contributed by atoms with van der Waals surface area (Å²) in [5, 5.41) is 13.8. The van der Waals surface area contributed by atoms with Gasteiger partial charge in [0.25, 0.3) is 0 Å². The molecule has 2 aromatic carbocycles. The van der Waals surface area contributed by atoms with E-state index in [4.69, 9.17) is 19.9 Å². The average molecular weight is 395 g/mol. The van der Waals surface area contributed by atoms with E-state index in [9.17, 15) is 5.11 Å². The molecule has 2 aliphatic heterocycles. The van der Waals surface area contributed by atoms with Crippen molar-refractivity contribution in [1.29, 1.82) is 0 Å². The summed E-state index contributed by atoms with van der Waals surface area (Å²) in [4.78, 5) is 9.18. The van der Waals surface area contributed by atoms with Crippen LogP contribution in [0.3, 0.4) is 0 Å². The number of rotatable bonds is 3. The van der Waals surface area contributed by atoms with E-state index in [0.29, 0.717) is 54.1 Å². The van der Waals surface area contributed by atoms with Crippen molar-refractivity contribution >= 4 is 22.9 Å². The Morgan fingerprint density at radius 3 is 2.86 bits per heavy atom. The molecule has 9 heteroatoms. The molecule has 0 amide bonds. The van der Waals surface area contributed by atoms with Gasteiger partial charge in [0.1, 0.15) is 0 Å². The number of phenols is 1. The number of nitrogens with zero attached hydrogens (tertiary/aromatic N) is 3. The largest absolute Gasteiger partial charge is 0.504 e. The lowest BCUT2D eigenvalue weighted by Gasteiger charge is -2.25. The van der Waals surface area contributed by atoms with Crippen LogP contribution in [0.25, 0.3) is 11.0 Å². The van der Waals surface area contributed by atoms with Gasteiger partial charge < -0.3 is 25.1 Å². The van der Waals surface area contributed by atoms with Crippen molar-refractivity contribution in [3.05, 3.63) is 35.9 Å². The molecule has 4 N–H and O–H groups in total. The summed E-state index contributed by atoms with van der Waals surface area (Å²) >= 11 is 0. The van der Waals surface area contributed by atoms with E-state index < -0.39 is 6.17 Å². The normalized spacial score (nSPS) is 17.8. The van der Waals surface area contributed by atoms with Gasteiger partial charge in [0, 0.05) is 24.1 Å². The van der Waals surface area contributed by atoms with Gasteiger partial charge in [-0.15, -0.1) is 0 Å². The van der Waals surface area contributed by atoms with Crippen LogP contribution in [0.15, 0.2) is 35.3 Å². The highest BCUT2D eigenvalue weighted by Crippen LogP contribution is 2.42. The zero-order chi connectivity index (χ0) is 20.0. The SMILES string of the molecule is CCOc1cccc(C2N=C(N)Nc3nc4cc5c(cc4n32)OCCCO5)c1O. The molecule has 0 saturated heterocycles. The predicted octanol–water partition coefficient (Wildman–Crippen LogP) is 2.59. The molecule has 1 aromatic heterocycles. The molecule has 0 spiro atoms. The van der Waals surface area contributed by atoms with Crippen LogP contribution in [0.1, 0.15) is 25.1 Å². The number of para-hydroxylation sites is 1. The zero-order valence-electron chi connectivity index (χ0n) is 15.9. The minimum Gasteiger partial charge on any atom is -0.504 e. The van der Waals surface area contributed by atoms with Gasteiger partial charge in [-0.3, -0.25) is 9.88 Å². The number of hydrogen-bond donors (Lipinski definition) is 3. The van der Waals surface area contributed by atoms with E-state index in [1.54, 1.807) is 12.1 Å². The van der Waals surface area contributed by atoms with E-state index in [1.165, 1.54) is 0 Å². The number of ether oxygens (including phenoxy) is 3. The van der Waals surface area contributed by atoms with Crippen molar-refractivity contribution in [3.8, 4) is 23.0 Å². The van der Waals surface area contributed by atoms with Crippen LogP contribution in [0.2, 0.25) is 0 Å². The molecular formula is C20H21N5O4. The number of aromatic nitrogens is 2. The first kappa shape index (κ1) is 17.5. The number of phenolic OH excluding ortho intramolecular Hbond substituents is 1. The van der Waals surface area contributed by atoms with Crippen molar-refractivity contribution < 1.29 is 19.3 Å². The number of guanidine groups is 1. The molecular weight excluding hydrogens is 374 g/mol. The summed E-state index contributed by atoms with van der Waals surface area (Å²) in [5.74, 6) is 2.49. The second-order valence-corrected chi connectivity index (χ2v) is 6.78. The number of nitrogens with two attached hydrogens (primary N) is 1. The summed E-state index contributed by atoms with van der Waals surface area (Å²) in [6.45, 7) is 3.49. The fourth-order valence-electron chi connectivity index (χ4n) is 3.65. The third-order valence-electron chi connectivity index (χ3n) is 4.91. The maximum Gasteiger partial charge on any atom is 0.212 e. The van der Waals surface area contributed by atoms with Crippen molar-refractivity contribution in [2.24, 2.45) is 10.7 Å². The standard InChI is InChI=1S/C20H21N5O4/c1-2-27-14-6-3-5-11(17(14)26)18-23-19(21)24-20-22-12-9-15-16(10-13(12)25(18)20)29-8-4-7-28-15/h3,5-6,9-10,18,26H,2,4,7-8H2,1H3,(H3,21,22,23,24). The molecule has 1 unspecified atom stereocenters. The number of benzene rings is 2. The lowest BCUT2D eigenvalue weighted by molar-refractivity contribution is 0.297. The quantitative estimate of drug-likeness (QED) is 0.624. The van der Waals surface area contributed by atoms with Gasteiger partial charge in [-0.1, -0.05) is 12.1 Å². The lowest BCUT2D eigenvalue weighted by Crippen LogP contribution is -2.31. The number of imidazole rings is 1. The molecule has 0 saturated carbocycles. The second kappa shape index (κ2) is 6.77. The van der Waals surface area contributed by atoms with Crippen LogP contribution in [0, 0.1) is 0 Å². The number of aromatic hydroxyl groups is 1. The summed E-state index contributed by atoms with van der Waals surface area (Å²) in [7, 11) is 0. The summed E-state index contributed by atoms with van der Waals surface area (Å²) < 4.78 is 19.0. The Morgan fingerprint density at radius 2 is 2.07 bits per heavy atom. The van der Waals surface area contributed by atoms with E-state index in [-0.39, 0.29) is 11.7 Å². The smallest absolute Gasteiger partial charge is 0.212 e. The summed E-state index contributed by atoms with van der Waals surface area (Å²) in [6, 6.07) is 9.07. The summed E-state index contributed by atoms with van der Waals surface area (Å²) in [6.07, 6.45) is 0.210. The van der Waals surface area contributed by atoms with Gasteiger partial charge >= 0.3 is 0 Å². The Labute approximate surface area is 166 Å². The maximum atomic E-state index is 10.8. The monoisotopic (exact) mass is 395 g/mol. The van der Waals surface area contributed by atoms with Gasteiger partial charge in [0.05, 0.1) is 30.9 Å². The molecule has 0 fully saturated rings. The van der Waals surface area contributed by atoms with Gasteiger partial charge in [0.15, 0.2) is 35.1 Å². The molecule has 29 heavy (non-hydrogen) atoms. The number of hydrogen-bond acceptors (Lipinski definition) is 8. The number of aliphatic imine (C=N–C) groups is 1. The third kappa shape index (κ3) is 2.86. The Morgan fingerprint density at radius 1 is 1.28 bits per heavy atom. The minimum absolute atomic E-state index is 0.0277. The van der Waals surface area contributed by atoms with Crippen LogP contribution < -0.4 is 25.3 Å². The van der Waals surface area contributed by atoms with E-state index in [1.807, 2.05) is 29.7 Å². The van der Waals surface area contributed by atoms with E-state index in [0.717, 1.165) is 11.9 Å². The average Bonchev–Trinajstić information content (AvgIpc) is 2.89. The van der Waals surface area contributed by atoms with Crippen molar-refractivity contribution in [2.45, 2.75) is 19.5 Å². The predicted molar refractivity (Wildman–Crippen MR) is 108 cm³/mol. The first-order valence-electron chi connectivity index (χ1n) is 9.52. The van der Waals surface area contributed by atoms with Gasteiger partial charge in [0.2, 0.25) is 5.95 Å². The van der Waals surface area contributed by atoms with Crippen LogP contribution in [0.4, 0.5) is 5.95 Å². The molecule has 0 bridgehead atoms. The fourth-order valence-corrected chi connectivity index (χ4v) is 3.65. The maximum absolute atomic E-state index is 10.8. The molecule has 9 nitrogen and oxygen atoms in total. The Balaban J connectivity index is 1.70. The Hall–Kier alpha value is -3.62. The zero-order valence-corrected chi connectivity index (χ0v) is 15.9. The van der Waals surface area contributed by atoms with Crippen molar-refractivity contribution in [3.63, 3.8) is 0 Å². The Bertz CT molecular complexity index is 1120. The lowest BCUT2D eigenvalue weighted by atomic mass is 10.1. The van der Waals surface area contributed by atoms with Crippen LogP contribution >= 0.6 is 0 Å². The second-order valence-electron chi connectivity index (χ2n) is 6.78. The topological polar surface area (TPSA) is 116 Å². The molecule has 1 atom stereocenters. The van der Waals surface area contributed by atoms with Gasteiger partial charge in [-0.05, 0) is 13.0 Å².